The van der Waals surface area contributed by atoms with Crippen LogP contribution in [0.2, 0.25) is 0 Å². The summed E-state index contributed by atoms with van der Waals surface area (Å²) in [4.78, 5) is 55.3. The van der Waals surface area contributed by atoms with Crippen molar-refractivity contribution in [1.82, 2.24) is 4.90 Å². The molecule has 1 fully saturated rings. The molecule has 1 aromatic carbocycles. The van der Waals surface area contributed by atoms with E-state index in [1.807, 2.05) is 6.92 Å². The van der Waals surface area contributed by atoms with Gasteiger partial charge in [-0.2, -0.15) is 0 Å². The third-order valence-electron chi connectivity index (χ3n) is 9.68. The predicted octanol–water partition coefficient (Wildman–Crippen LogP) is 2.45. The fourth-order valence-electron chi connectivity index (χ4n) is 7.89. The second-order valence-electron chi connectivity index (χ2n) is 12.0. The third-order valence-corrected chi connectivity index (χ3v) is 9.68. The molecule has 0 bridgehead atoms. The lowest BCUT2D eigenvalue weighted by Crippen LogP contribution is -2.67. The summed E-state index contributed by atoms with van der Waals surface area (Å²) in [5.41, 5.74) is 1.99. The van der Waals surface area contributed by atoms with Crippen LogP contribution in [-0.4, -0.2) is 74.3 Å². The van der Waals surface area contributed by atoms with Crippen molar-refractivity contribution in [3.8, 4) is 5.75 Å². The normalized spacial score (nSPS) is 32.6. The van der Waals surface area contributed by atoms with Crippen LogP contribution in [0.4, 0.5) is 0 Å². The van der Waals surface area contributed by atoms with Crippen molar-refractivity contribution in [3.63, 3.8) is 0 Å². The number of aliphatic hydroxyl groups excluding tert-OH is 2. The quantitative estimate of drug-likeness (QED) is 0.343. The van der Waals surface area contributed by atoms with Crippen LogP contribution in [0.1, 0.15) is 67.3 Å². The molecule has 4 aliphatic carbocycles. The van der Waals surface area contributed by atoms with Gasteiger partial charge in [-0.3, -0.25) is 24.1 Å². The number of likely N-dealkylation sites (N-methyl/N-ethyl adjacent to an activating group) is 1. The molecule has 1 aromatic rings. The molecule has 40 heavy (non-hydrogen) atoms. The van der Waals surface area contributed by atoms with Gasteiger partial charge in [0.15, 0.2) is 11.4 Å². The van der Waals surface area contributed by atoms with Gasteiger partial charge in [-0.05, 0) is 50.4 Å². The molecule has 5 rings (SSSR count). The summed E-state index contributed by atoms with van der Waals surface area (Å²) < 4.78 is 0. The van der Waals surface area contributed by atoms with Crippen molar-refractivity contribution < 1.29 is 39.6 Å². The maximum Gasteiger partial charge on any atom is 0.255 e. The Morgan fingerprint density at radius 1 is 1.07 bits per heavy atom. The summed E-state index contributed by atoms with van der Waals surface area (Å²) in [7, 11) is 3.16. The molecule has 0 saturated heterocycles. The lowest BCUT2D eigenvalue weighted by atomic mass is 9.51. The van der Waals surface area contributed by atoms with E-state index in [1.165, 1.54) is 11.0 Å². The Bertz CT molecular complexity index is 1370. The number of carbonyl (C=O) groups is 4. The molecule has 1 saturated carbocycles. The number of nitrogens with zero attached hydrogens (tertiary/aromatic N) is 1. The highest BCUT2D eigenvalue weighted by atomic mass is 16.3. The van der Waals surface area contributed by atoms with Gasteiger partial charge in [0.2, 0.25) is 5.78 Å². The summed E-state index contributed by atoms with van der Waals surface area (Å²) in [5.74, 6) is -9.02. The fraction of sp³-hybridized carbons (Fsp3) is 0.533. The van der Waals surface area contributed by atoms with Crippen LogP contribution in [0.25, 0.3) is 0 Å². The third kappa shape index (κ3) is 3.83. The summed E-state index contributed by atoms with van der Waals surface area (Å²) in [6.07, 6.45) is 4.19. The second kappa shape index (κ2) is 9.85. The first kappa shape index (κ1) is 28.0. The number of amides is 1. The Morgan fingerprint density at radius 2 is 1.73 bits per heavy atom. The Hall–Kier alpha value is -3.50. The molecular weight excluding hydrogens is 516 g/mol. The first-order valence-electron chi connectivity index (χ1n) is 13.8. The van der Waals surface area contributed by atoms with E-state index in [9.17, 15) is 39.6 Å². The van der Waals surface area contributed by atoms with Gasteiger partial charge < -0.3 is 26.2 Å². The number of aromatic hydroxyl groups is 1. The average molecular weight is 553 g/mol. The number of aliphatic hydroxyl groups is 3. The second-order valence-corrected chi connectivity index (χ2v) is 12.0. The molecule has 0 unspecified atom stereocenters. The summed E-state index contributed by atoms with van der Waals surface area (Å²) in [5, 5.41) is 45.7. The number of Topliss-reactive ketones (excluding diaryl/α,β-unsaturated/α-hetero) is 3. The summed E-state index contributed by atoms with van der Waals surface area (Å²) >= 11 is 0. The molecule has 214 valence electrons. The Morgan fingerprint density at radius 3 is 2.33 bits per heavy atom. The molecule has 0 spiro atoms. The minimum absolute atomic E-state index is 0.0480. The monoisotopic (exact) mass is 552 g/mol. The lowest BCUT2D eigenvalue weighted by Gasteiger charge is -2.55. The van der Waals surface area contributed by atoms with Gasteiger partial charge in [-0.1, -0.05) is 38.3 Å². The first-order chi connectivity index (χ1) is 18.8. The zero-order chi connectivity index (χ0) is 29.3. The van der Waals surface area contributed by atoms with Crippen LogP contribution < -0.4 is 5.73 Å². The molecule has 10 heteroatoms. The zero-order valence-corrected chi connectivity index (χ0v) is 22.9. The van der Waals surface area contributed by atoms with Gasteiger partial charge in [0, 0.05) is 29.7 Å². The van der Waals surface area contributed by atoms with E-state index in [4.69, 9.17) is 5.73 Å². The number of hydrogen-bond acceptors (Lipinski definition) is 9. The Balaban J connectivity index is 1.79. The van der Waals surface area contributed by atoms with Crippen LogP contribution in [-0.2, 0) is 14.4 Å². The van der Waals surface area contributed by atoms with E-state index in [0.29, 0.717) is 5.56 Å². The number of carbonyl (C=O) groups excluding carboxylic acids is 4. The molecule has 6 atom stereocenters. The van der Waals surface area contributed by atoms with E-state index in [-0.39, 0.29) is 35.0 Å². The van der Waals surface area contributed by atoms with Crippen LogP contribution in [0.15, 0.2) is 40.9 Å². The summed E-state index contributed by atoms with van der Waals surface area (Å²) in [6.45, 7) is 1.81. The van der Waals surface area contributed by atoms with E-state index in [2.05, 4.69) is 0 Å². The highest BCUT2D eigenvalue weighted by Gasteiger charge is 2.67. The van der Waals surface area contributed by atoms with Gasteiger partial charge in [0.25, 0.3) is 5.91 Å². The molecular formula is C30H36N2O8. The van der Waals surface area contributed by atoms with Crippen molar-refractivity contribution in [1.29, 1.82) is 0 Å². The standard InChI is InChI=1S/C30H36N2O8/c1-13-15-10-7-11-17(33)20(15)25(35)21-19(13)16(12-18(34)14-8-5-4-6-9-14)23-24(32(2)3)26(36)22(29(31)39)28(38)30(23,40)27(21)37/h7,10-11,13-14,16,19,23-24,33,36-37,40H,4-6,8-9,12H2,1-3H3,(H2,31,39)/t13-,16-,19-,23-,24-,30-/m0/s1. The minimum atomic E-state index is -2.81. The topological polar surface area (TPSA) is 178 Å². The number of allylic oxidation sites excluding steroid dienone is 1. The highest BCUT2D eigenvalue weighted by molar-refractivity contribution is 6.25. The van der Waals surface area contributed by atoms with Gasteiger partial charge in [0.05, 0.1) is 11.6 Å². The van der Waals surface area contributed by atoms with Crippen molar-refractivity contribution in [2.45, 2.75) is 63.0 Å². The molecule has 6 N–H and O–H groups in total. The Kier molecular flexibility index (Phi) is 6.90. The number of benzene rings is 1. The van der Waals surface area contributed by atoms with Gasteiger partial charge in [0.1, 0.15) is 28.6 Å². The molecule has 4 aliphatic rings. The number of phenols is 1. The van der Waals surface area contributed by atoms with Crippen molar-refractivity contribution in [2.75, 3.05) is 14.1 Å². The van der Waals surface area contributed by atoms with Gasteiger partial charge >= 0.3 is 0 Å². The molecule has 0 radical (unpaired) electrons. The molecule has 0 aliphatic heterocycles. The van der Waals surface area contributed by atoms with Crippen molar-refractivity contribution in [3.05, 3.63) is 52.0 Å². The van der Waals surface area contributed by atoms with Crippen LogP contribution in [0.3, 0.4) is 0 Å². The van der Waals surface area contributed by atoms with E-state index in [1.54, 1.807) is 26.2 Å². The Labute approximate surface area is 232 Å². The smallest absolute Gasteiger partial charge is 0.255 e. The SMILES string of the molecule is C[C@H]1c2cccc(O)c2C(=O)C2=C(O)[C@]3(O)C(=O)C(C(N)=O)=C(O)[C@@H](N(C)C)[C@@H]3[C@@H](CC(=O)C3CCCCC3)[C@@H]21. The van der Waals surface area contributed by atoms with E-state index < -0.39 is 69.9 Å². The van der Waals surface area contributed by atoms with Crippen molar-refractivity contribution >= 4 is 23.3 Å². The maximum absolute atomic E-state index is 13.9. The number of fused-ring (bicyclic) bond motifs is 3. The number of phenolic OH excluding ortho intramolecular Hbond substituents is 1. The van der Waals surface area contributed by atoms with Gasteiger partial charge in [-0.15, -0.1) is 0 Å². The molecule has 1 amide bonds. The van der Waals surface area contributed by atoms with Crippen LogP contribution in [0.5, 0.6) is 5.75 Å². The number of nitrogens with two attached hydrogens (primary N) is 1. The predicted molar refractivity (Wildman–Crippen MR) is 143 cm³/mol. The van der Waals surface area contributed by atoms with Gasteiger partial charge in [-0.25, -0.2) is 0 Å². The van der Waals surface area contributed by atoms with Crippen molar-refractivity contribution in [2.24, 2.45) is 29.4 Å². The first-order valence-corrected chi connectivity index (χ1v) is 13.8. The highest BCUT2D eigenvalue weighted by Crippen LogP contribution is 2.59. The number of rotatable bonds is 5. The minimum Gasteiger partial charge on any atom is -0.510 e. The van der Waals surface area contributed by atoms with Crippen LogP contribution >= 0.6 is 0 Å². The zero-order valence-electron chi connectivity index (χ0n) is 22.9. The van der Waals surface area contributed by atoms with E-state index in [0.717, 1.165) is 32.1 Å². The largest absolute Gasteiger partial charge is 0.510 e. The molecule has 0 aromatic heterocycles. The number of ketones is 3. The van der Waals surface area contributed by atoms with Crippen LogP contribution in [0, 0.1) is 23.7 Å². The molecule has 0 heterocycles. The van der Waals surface area contributed by atoms with E-state index >= 15 is 0 Å². The lowest BCUT2D eigenvalue weighted by molar-refractivity contribution is -0.156. The fourth-order valence-corrected chi connectivity index (χ4v) is 7.89. The molecule has 10 nitrogen and oxygen atoms in total. The summed E-state index contributed by atoms with van der Waals surface area (Å²) in [6, 6.07) is 3.47. The average Bonchev–Trinajstić information content (AvgIpc) is 2.90. The maximum atomic E-state index is 13.9. The number of hydrogen-bond donors (Lipinski definition) is 5. The number of primary amides is 1.